The summed E-state index contributed by atoms with van der Waals surface area (Å²) in [4.78, 5) is 12.8. The van der Waals surface area contributed by atoms with Crippen LogP contribution in [0.5, 0.6) is 11.5 Å². The molecule has 0 saturated carbocycles. The average molecular weight is 342 g/mol. The Balaban J connectivity index is 1.75. The summed E-state index contributed by atoms with van der Waals surface area (Å²) < 4.78 is 11.4. The zero-order valence-corrected chi connectivity index (χ0v) is 14.5. The van der Waals surface area contributed by atoms with E-state index in [-0.39, 0.29) is 11.8 Å². The molecule has 2 aromatic rings. The van der Waals surface area contributed by atoms with Crippen LogP contribution < -0.4 is 9.47 Å². The van der Waals surface area contributed by atoms with Gasteiger partial charge in [0, 0.05) is 24.7 Å². The molecule has 0 spiro atoms. The lowest BCUT2D eigenvalue weighted by molar-refractivity contribution is -0.384. The molecule has 0 amide bonds. The first kappa shape index (κ1) is 17.2. The van der Waals surface area contributed by atoms with E-state index in [1.165, 1.54) is 19.2 Å². The van der Waals surface area contributed by atoms with Crippen LogP contribution in [0.3, 0.4) is 0 Å². The van der Waals surface area contributed by atoms with Gasteiger partial charge in [-0.15, -0.1) is 0 Å². The number of hydrogen-bond donors (Lipinski definition) is 0. The van der Waals surface area contributed by atoms with Gasteiger partial charge in [0.1, 0.15) is 17.6 Å². The number of piperidine rings is 1. The first-order valence-corrected chi connectivity index (χ1v) is 8.35. The van der Waals surface area contributed by atoms with E-state index >= 15 is 0 Å². The third kappa shape index (κ3) is 4.09. The Hall–Kier alpha value is -2.60. The van der Waals surface area contributed by atoms with Gasteiger partial charge in [-0.25, -0.2) is 0 Å². The summed E-state index contributed by atoms with van der Waals surface area (Å²) in [6, 6.07) is 12.4. The SMILES string of the molecule is COc1cc([N+](=O)[O-])ccc1-c1ccc(OC2CCN(C)CC2)cc1. The van der Waals surface area contributed by atoms with Gasteiger partial charge >= 0.3 is 0 Å². The highest BCUT2D eigenvalue weighted by Crippen LogP contribution is 2.34. The van der Waals surface area contributed by atoms with Crippen LogP contribution in [0.4, 0.5) is 5.69 Å². The van der Waals surface area contributed by atoms with E-state index in [1.54, 1.807) is 6.07 Å². The smallest absolute Gasteiger partial charge is 0.273 e. The molecule has 2 aromatic carbocycles. The number of nitrogens with zero attached hydrogens (tertiary/aromatic N) is 2. The normalized spacial score (nSPS) is 15.8. The minimum absolute atomic E-state index is 0.0165. The Kier molecular flexibility index (Phi) is 5.19. The molecule has 0 aliphatic carbocycles. The van der Waals surface area contributed by atoms with Crippen molar-refractivity contribution in [2.24, 2.45) is 0 Å². The third-order valence-corrected chi connectivity index (χ3v) is 4.53. The second kappa shape index (κ2) is 7.53. The molecule has 1 fully saturated rings. The zero-order chi connectivity index (χ0) is 17.8. The number of hydrogen-bond acceptors (Lipinski definition) is 5. The van der Waals surface area contributed by atoms with Crippen LogP contribution >= 0.6 is 0 Å². The number of rotatable bonds is 5. The summed E-state index contributed by atoms with van der Waals surface area (Å²) in [5.41, 5.74) is 1.77. The third-order valence-electron chi connectivity index (χ3n) is 4.53. The number of nitro benzene ring substituents is 1. The lowest BCUT2D eigenvalue weighted by Crippen LogP contribution is -2.35. The highest BCUT2D eigenvalue weighted by molar-refractivity contribution is 5.72. The molecule has 1 heterocycles. The molecule has 1 aliphatic rings. The summed E-state index contributed by atoms with van der Waals surface area (Å²) in [7, 11) is 3.64. The van der Waals surface area contributed by atoms with Gasteiger partial charge in [0.25, 0.3) is 5.69 Å². The van der Waals surface area contributed by atoms with E-state index in [2.05, 4.69) is 11.9 Å². The van der Waals surface area contributed by atoms with Crippen LogP contribution in [0.2, 0.25) is 0 Å². The number of nitro groups is 1. The summed E-state index contributed by atoms with van der Waals surface area (Å²) in [5, 5.41) is 10.9. The molecule has 1 aliphatic heterocycles. The fourth-order valence-electron chi connectivity index (χ4n) is 3.04. The van der Waals surface area contributed by atoms with E-state index < -0.39 is 4.92 Å². The fourth-order valence-corrected chi connectivity index (χ4v) is 3.04. The van der Waals surface area contributed by atoms with Crippen molar-refractivity contribution in [2.45, 2.75) is 18.9 Å². The highest BCUT2D eigenvalue weighted by Gasteiger charge is 2.18. The lowest BCUT2D eigenvalue weighted by Gasteiger charge is -2.29. The van der Waals surface area contributed by atoms with Gasteiger partial charge in [0.15, 0.2) is 0 Å². The van der Waals surface area contributed by atoms with E-state index in [1.807, 2.05) is 24.3 Å². The lowest BCUT2D eigenvalue weighted by atomic mass is 10.0. The van der Waals surface area contributed by atoms with Crippen LogP contribution in [0, 0.1) is 10.1 Å². The Morgan fingerprint density at radius 1 is 1.12 bits per heavy atom. The van der Waals surface area contributed by atoms with Crippen molar-refractivity contribution >= 4 is 5.69 Å². The molecule has 1 saturated heterocycles. The van der Waals surface area contributed by atoms with E-state index in [9.17, 15) is 10.1 Å². The molecule has 0 N–H and O–H groups in total. The zero-order valence-electron chi connectivity index (χ0n) is 14.5. The molecular weight excluding hydrogens is 320 g/mol. The van der Waals surface area contributed by atoms with Gasteiger partial charge in [-0.1, -0.05) is 12.1 Å². The maximum atomic E-state index is 10.9. The number of likely N-dealkylation sites (tertiary alicyclic amines) is 1. The van der Waals surface area contributed by atoms with Crippen LogP contribution in [-0.4, -0.2) is 43.2 Å². The second-order valence-corrected chi connectivity index (χ2v) is 6.29. The minimum Gasteiger partial charge on any atom is -0.496 e. The standard InChI is InChI=1S/C19H22N2O4/c1-20-11-9-17(10-12-20)25-16-6-3-14(4-7-16)18-8-5-15(21(22)23)13-19(18)24-2/h3-8,13,17H,9-12H2,1-2H3. The molecule has 0 radical (unpaired) electrons. The van der Waals surface area contributed by atoms with Crippen molar-refractivity contribution in [3.63, 3.8) is 0 Å². The Labute approximate surface area is 147 Å². The second-order valence-electron chi connectivity index (χ2n) is 6.29. The number of ether oxygens (including phenoxy) is 2. The van der Waals surface area contributed by atoms with E-state index in [4.69, 9.17) is 9.47 Å². The van der Waals surface area contributed by atoms with Crippen molar-refractivity contribution in [1.82, 2.24) is 4.90 Å². The summed E-state index contributed by atoms with van der Waals surface area (Å²) in [6.07, 6.45) is 2.33. The largest absolute Gasteiger partial charge is 0.496 e. The first-order chi connectivity index (χ1) is 12.1. The molecule has 6 heteroatoms. The number of benzene rings is 2. The molecule has 3 rings (SSSR count). The Bertz CT molecular complexity index is 738. The average Bonchev–Trinajstić information content (AvgIpc) is 2.63. The van der Waals surface area contributed by atoms with Crippen molar-refractivity contribution in [3.8, 4) is 22.6 Å². The Morgan fingerprint density at radius 2 is 1.80 bits per heavy atom. The molecule has 0 aromatic heterocycles. The van der Waals surface area contributed by atoms with Crippen LogP contribution in [0.25, 0.3) is 11.1 Å². The molecule has 132 valence electrons. The summed E-state index contributed by atoms with van der Waals surface area (Å²) in [5.74, 6) is 1.33. The topological polar surface area (TPSA) is 64.8 Å². The van der Waals surface area contributed by atoms with Gasteiger partial charge in [0.05, 0.1) is 18.1 Å². The van der Waals surface area contributed by atoms with Crippen LogP contribution in [0.1, 0.15) is 12.8 Å². The van der Waals surface area contributed by atoms with Gasteiger partial charge < -0.3 is 14.4 Å². The van der Waals surface area contributed by atoms with Gasteiger partial charge in [0.2, 0.25) is 0 Å². The van der Waals surface area contributed by atoms with Crippen LogP contribution in [0.15, 0.2) is 42.5 Å². The fraction of sp³-hybridized carbons (Fsp3) is 0.368. The number of non-ortho nitro benzene ring substituents is 1. The quantitative estimate of drug-likeness (QED) is 0.612. The highest BCUT2D eigenvalue weighted by atomic mass is 16.6. The van der Waals surface area contributed by atoms with Crippen molar-refractivity contribution in [2.75, 3.05) is 27.2 Å². The molecule has 0 unspecified atom stereocenters. The molecule has 0 bridgehead atoms. The van der Waals surface area contributed by atoms with Crippen molar-refractivity contribution < 1.29 is 14.4 Å². The predicted octanol–water partition coefficient (Wildman–Crippen LogP) is 3.74. The van der Waals surface area contributed by atoms with Gasteiger partial charge in [-0.05, 0) is 43.7 Å². The van der Waals surface area contributed by atoms with E-state index in [0.29, 0.717) is 5.75 Å². The predicted molar refractivity (Wildman–Crippen MR) is 96.2 cm³/mol. The first-order valence-electron chi connectivity index (χ1n) is 8.35. The Morgan fingerprint density at radius 3 is 2.40 bits per heavy atom. The summed E-state index contributed by atoms with van der Waals surface area (Å²) >= 11 is 0. The molecule has 0 atom stereocenters. The monoisotopic (exact) mass is 342 g/mol. The maximum Gasteiger partial charge on any atom is 0.273 e. The molecule has 25 heavy (non-hydrogen) atoms. The maximum absolute atomic E-state index is 10.9. The molecular formula is C19H22N2O4. The van der Waals surface area contributed by atoms with Gasteiger partial charge in [-0.2, -0.15) is 0 Å². The summed E-state index contributed by atoms with van der Waals surface area (Å²) in [6.45, 7) is 2.12. The van der Waals surface area contributed by atoms with Crippen molar-refractivity contribution in [3.05, 3.63) is 52.6 Å². The molecule has 6 nitrogen and oxygen atoms in total. The minimum atomic E-state index is -0.426. The van der Waals surface area contributed by atoms with Crippen molar-refractivity contribution in [1.29, 1.82) is 0 Å². The van der Waals surface area contributed by atoms with E-state index in [0.717, 1.165) is 42.8 Å². The van der Waals surface area contributed by atoms with Gasteiger partial charge in [-0.3, -0.25) is 10.1 Å². The number of methoxy groups -OCH3 is 1. The van der Waals surface area contributed by atoms with Crippen LogP contribution in [-0.2, 0) is 0 Å².